The highest BCUT2D eigenvalue weighted by Crippen LogP contribution is 2.38. The molecule has 3 rings (SSSR count). The maximum Gasteiger partial charge on any atom is 0.147 e. The largest absolute Gasteiger partial charge is 0.496 e. The van der Waals surface area contributed by atoms with E-state index in [4.69, 9.17) is 9.47 Å². The number of ether oxygens (including phenoxy) is 2. The van der Waals surface area contributed by atoms with Crippen LogP contribution in [-0.4, -0.2) is 36.9 Å². The third-order valence-electron chi connectivity index (χ3n) is 4.02. The Kier molecular flexibility index (Phi) is 4.10. The van der Waals surface area contributed by atoms with Gasteiger partial charge in [-0.15, -0.1) is 0 Å². The van der Waals surface area contributed by atoms with Gasteiger partial charge in [0.25, 0.3) is 0 Å². The highest BCUT2D eigenvalue weighted by molar-refractivity contribution is 5.72. The van der Waals surface area contributed by atoms with Gasteiger partial charge in [0.15, 0.2) is 0 Å². The van der Waals surface area contributed by atoms with Crippen LogP contribution in [-0.2, 0) is 0 Å². The summed E-state index contributed by atoms with van der Waals surface area (Å²) in [5.74, 6) is 2.49. The number of hydrogen-bond donors (Lipinski definition) is 1. The summed E-state index contributed by atoms with van der Waals surface area (Å²) < 4.78 is 13.3. The van der Waals surface area contributed by atoms with Crippen LogP contribution in [0.4, 0.5) is 0 Å². The van der Waals surface area contributed by atoms with Crippen molar-refractivity contribution in [1.82, 2.24) is 14.9 Å². The SMILES string of the molecule is COc1cccc(OC)c1-c1nccn1C1CCNCC1. The van der Waals surface area contributed by atoms with Crippen molar-refractivity contribution in [3.63, 3.8) is 0 Å². The summed E-state index contributed by atoms with van der Waals surface area (Å²) in [6.07, 6.45) is 6.13. The van der Waals surface area contributed by atoms with Gasteiger partial charge in [-0.3, -0.25) is 0 Å². The first-order valence-electron chi connectivity index (χ1n) is 7.30. The van der Waals surface area contributed by atoms with Crippen LogP contribution in [0.1, 0.15) is 18.9 Å². The normalized spacial score (nSPS) is 15.9. The van der Waals surface area contributed by atoms with Crippen molar-refractivity contribution in [2.75, 3.05) is 27.3 Å². The molecule has 0 atom stereocenters. The maximum absolute atomic E-state index is 5.51. The third kappa shape index (κ3) is 2.61. The van der Waals surface area contributed by atoms with Crippen LogP contribution in [0.2, 0.25) is 0 Å². The molecule has 1 fully saturated rings. The molecule has 1 aliphatic rings. The molecule has 1 aromatic heterocycles. The number of piperidine rings is 1. The topological polar surface area (TPSA) is 48.3 Å². The van der Waals surface area contributed by atoms with E-state index in [0.717, 1.165) is 48.8 Å². The fraction of sp³-hybridized carbons (Fsp3) is 0.438. The predicted molar refractivity (Wildman–Crippen MR) is 81.9 cm³/mol. The fourth-order valence-electron chi connectivity index (χ4n) is 2.96. The molecule has 5 nitrogen and oxygen atoms in total. The highest BCUT2D eigenvalue weighted by atomic mass is 16.5. The summed E-state index contributed by atoms with van der Waals surface area (Å²) in [6.45, 7) is 2.09. The first-order valence-corrected chi connectivity index (χ1v) is 7.30. The average molecular weight is 287 g/mol. The molecule has 0 amide bonds. The van der Waals surface area contributed by atoms with Crippen LogP contribution in [0.15, 0.2) is 30.6 Å². The van der Waals surface area contributed by atoms with E-state index >= 15 is 0 Å². The van der Waals surface area contributed by atoms with Crippen LogP contribution in [0, 0.1) is 0 Å². The van der Waals surface area contributed by atoms with E-state index in [1.807, 2.05) is 24.4 Å². The van der Waals surface area contributed by atoms with Crippen LogP contribution < -0.4 is 14.8 Å². The van der Waals surface area contributed by atoms with E-state index in [0.29, 0.717) is 6.04 Å². The zero-order valence-electron chi connectivity index (χ0n) is 12.5. The maximum atomic E-state index is 5.51. The van der Waals surface area contributed by atoms with Crippen LogP contribution in [0.3, 0.4) is 0 Å². The molecule has 2 aromatic rings. The number of benzene rings is 1. The molecular formula is C16H21N3O2. The van der Waals surface area contributed by atoms with E-state index in [1.165, 1.54) is 0 Å². The molecule has 0 aliphatic carbocycles. The number of nitrogens with one attached hydrogen (secondary N) is 1. The van der Waals surface area contributed by atoms with Gasteiger partial charge in [0, 0.05) is 18.4 Å². The van der Waals surface area contributed by atoms with Crippen LogP contribution in [0.25, 0.3) is 11.4 Å². The van der Waals surface area contributed by atoms with Crippen molar-refractivity contribution in [2.24, 2.45) is 0 Å². The standard InChI is InChI=1S/C16H21N3O2/c1-20-13-4-3-5-14(21-2)15(13)16-18-10-11-19(16)12-6-8-17-9-7-12/h3-5,10-12,17H,6-9H2,1-2H3. The molecule has 1 saturated heterocycles. The Morgan fingerprint density at radius 3 is 2.43 bits per heavy atom. The minimum absolute atomic E-state index is 0.471. The van der Waals surface area contributed by atoms with Gasteiger partial charge in [-0.25, -0.2) is 4.98 Å². The highest BCUT2D eigenvalue weighted by Gasteiger charge is 2.22. The summed E-state index contributed by atoms with van der Waals surface area (Å²) in [6, 6.07) is 6.29. The van der Waals surface area contributed by atoms with Crippen molar-refractivity contribution in [1.29, 1.82) is 0 Å². The summed E-state index contributed by atoms with van der Waals surface area (Å²) in [5, 5.41) is 3.40. The number of nitrogens with zero attached hydrogens (tertiary/aromatic N) is 2. The average Bonchev–Trinajstić information content (AvgIpc) is 3.04. The number of rotatable bonds is 4. The molecule has 5 heteroatoms. The number of hydrogen-bond acceptors (Lipinski definition) is 4. The second kappa shape index (κ2) is 6.18. The molecule has 1 N–H and O–H groups in total. The molecule has 1 aromatic carbocycles. The zero-order chi connectivity index (χ0) is 14.7. The molecular weight excluding hydrogens is 266 g/mol. The Labute approximate surface area is 124 Å². The Morgan fingerprint density at radius 1 is 1.14 bits per heavy atom. The first kappa shape index (κ1) is 13.9. The van der Waals surface area contributed by atoms with E-state index in [-0.39, 0.29) is 0 Å². The van der Waals surface area contributed by atoms with Gasteiger partial charge < -0.3 is 19.4 Å². The fourth-order valence-corrected chi connectivity index (χ4v) is 2.96. The first-order chi connectivity index (χ1) is 10.3. The molecule has 0 radical (unpaired) electrons. The number of aromatic nitrogens is 2. The molecule has 0 saturated carbocycles. The molecule has 0 bridgehead atoms. The van der Waals surface area contributed by atoms with Gasteiger partial charge in [0.05, 0.1) is 14.2 Å². The Morgan fingerprint density at radius 2 is 1.81 bits per heavy atom. The summed E-state index contributed by atoms with van der Waals surface area (Å²) in [7, 11) is 3.35. The molecule has 112 valence electrons. The van der Waals surface area contributed by atoms with Crippen LogP contribution >= 0.6 is 0 Å². The van der Waals surface area contributed by atoms with E-state index in [1.54, 1.807) is 14.2 Å². The van der Waals surface area contributed by atoms with Crippen molar-refractivity contribution in [2.45, 2.75) is 18.9 Å². The van der Waals surface area contributed by atoms with E-state index < -0.39 is 0 Å². The number of methoxy groups -OCH3 is 2. The lowest BCUT2D eigenvalue weighted by atomic mass is 10.1. The van der Waals surface area contributed by atoms with E-state index in [2.05, 4.69) is 21.1 Å². The number of imidazole rings is 1. The quantitative estimate of drug-likeness (QED) is 0.938. The molecule has 21 heavy (non-hydrogen) atoms. The second-order valence-corrected chi connectivity index (χ2v) is 5.18. The monoisotopic (exact) mass is 287 g/mol. The summed E-state index contributed by atoms with van der Waals surface area (Å²) in [4.78, 5) is 4.56. The van der Waals surface area contributed by atoms with Crippen molar-refractivity contribution in [3.05, 3.63) is 30.6 Å². The van der Waals surface area contributed by atoms with Gasteiger partial charge in [-0.1, -0.05) is 6.07 Å². The lowest BCUT2D eigenvalue weighted by Crippen LogP contribution is -2.29. The lowest BCUT2D eigenvalue weighted by molar-refractivity contribution is 0.367. The van der Waals surface area contributed by atoms with Crippen molar-refractivity contribution >= 4 is 0 Å². The lowest BCUT2D eigenvalue weighted by Gasteiger charge is -2.26. The predicted octanol–water partition coefficient (Wildman–Crippen LogP) is 2.49. The third-order valence-corrected chi connectivity index (χ3v) is 4.02. The Balaban J connectivity index is 2.07. The second-order valence-electron chi connectivity index (χ2n) is 5.18. The smallest absolute Gasteiger partial charge is 0.147 e. The molecule has 1 aliphatic heterocycles. The molecule has 0 spiro atoms. The van der Waals surface area contributed by atoms with Gasteiger partial charge >= 0.3 is 0 Å². The van der Waals surface area contributed by atoms with Gasteiger partial charge in [0.2, 0.25) is 0 Å². The van der Waals surface area contributed by atoms with Crippen molar-refractivity contribution in [3.8, 4) is 22.9 Å². The van der Waals surface area contributed by atoms with E-state index in [9.17, 15) is 0 Å². The van der Waals surface area contributed by atoms with Crippen molar-refractivity contribution < 1.29 is 9.47 Å². The summed E-state index contributed by atoms with van der Waals surface area (Å²) >= 11 is 0. The zero-order valence-corrected chi connectivity index (χ0v) is 12.5. The van der Waals surface area contributed by atoms with Gasteiger partial charge in [0.1, 0.15) is 22.9 Å². The minimum atomic E-state index is 0.471. The summed E-state index contributed by atoms with van der Waals surface area (Å²) in [5.41, 5.74) is 0.922. The minimum Gasteiger partial charge on any atom is -0.496 e. The van der Waals surface area contributed by atoms with Gasteiger partial charge in [-0.2, -0.15) is 0 Å². The van der Waals surface area contributed by atoms with Gasteiger partial charge in [-0.05, 0) is 38.1 Å². The Hall–Kier alpha value is -2.01. The Bertz CT molecular complexity index is 581. The molecule has 2 heterocycles. The van der Waals surface area contributed by atoms with Crippen LogP contribution in [0.5, 0.6) is 11.5 Å². The molecule has 0 unspecified atom stereocenters.